The number of carboxylic acids is 1. The minimum Gasteiger partial charge on any atom is -0.474 e. The van der Waals surface area contributed by atoms with Crippen LogP contribution in [-0.2, 0) is 9.59 Å². The molecule has 1 amide bonds. The minimum atomic E-state index is -1.52. The van der Waals surface area contributed by atoms with Gasteiger partial charge in [-0.15, -0.1) is 0 Å². The lowest BCUT2D eigenvalue weighted by molar-refractivity contribution is -0.155. The number of likely N-dealkylation sites (tertiary alicyclic amines) is 1. The van der Waals surface area contributed by atoms with E-state index in [1.165, 1.54) is 6.92 Å². The van der Waals surface area contributed by atoms with Gasteiger partial charge in [0.05, 0.1) is 6.54 Å². The fraction of sp³-hybridized carbons (Fsp3) is 0.714. The highest BCUT2D eigenvalue weighted by Gasteiger charge is 2.37. The van der Waals surface area contributed by atoms with E-state index in [0.717, 1.165) is 4.90 Å². The number of nitrogens with zero attached hydrogens (tertiary/aromatic N) is 1. The number of carbonyl (C=O) groups is 2. The van der Waals surface area contributed by atoms with Crippen molar-refractivity contribution in [2.24, 2.45) is 0 Å². The van der Waals surface area contributed by atoms with Crippen LogP contribution in [0.3, 0.4) is 0 Å². The summed E-state index contributed by atoms with van der Waals surface area (Å²) in [6.07, 6.45) is 0.214. The number of carbonyl (C=O) groups excluding carboxylic acids is 1. The van der Waals surface area contributed by atoms with E-state index >= 15 is 0 Å². The van der Waals surface area contributed by atoms with E-state index in [1.54, 1.807) is 0 Å². The lowest BCUT2D eigenvalue weighted by Crippen LogP contribution is -2.36. The van der Waals surface area contributed by atoms with Crippen molar-refractivity contribution >= 4 is 11.9 Å². The number of alkyl halides is 1. The summed E-state index contributed by atoms with van der Waals surface area (Å²) in [5.41, 5.74) is -1.43. The van der Waals surface area contributed by atoms with Crippen LogP contribution in [0.15, 0.2) is 0 Å². The summed E-state index contributed by atoms with van der Waals surface area (Å²) in [6.45, 7) is 1.44. The second-order valence-corrected chi connectivity index (χ2v) is 3.20. The Morgan fingerprint density at radius 1 is 1.58 bits per heavy atom. The Morgan fingerprint density at radius 2 is 2.17 bits per heavy atom. The van der Waals surface area contributed by atoms with Crippen molar-refractivity contribution in [1.82, 2.24) is 4.90 Å². The van der Waals surface area contributed by atoms with Gasteiger partial charge < -0.3 is 10.0 Å². The number of halogens is 1. The van der Waals surface area contributed by atoms with E-state index in [2.05, 4.69) is 0 Å². The zero-order chi connectivity index (χ0) is 9.35. The predicted molar refractivity (Wildman–Crippen MR) is 38.3 cm³/mol. The first-order valence-corrected chi connectivity index (χ1v) is 3.63. The standard InChI is InChI=1S/C7H10FNO3/c1-7(8)2-3-9(4-7)5(10)6(11)12/h2-4H2,1H3,(H,11,12). The monoisotopic (exact) mass is 175 g/mol. The van der Waals surface area contributed by atoms with Gasteiger partial charge in [0.15, 0.2) is 0 Å². The number of aliphatic carboxylic acids is 1. The molecule has 1 unspecified atom stereocenters. The van der Waals surface area contributed by atoms with E-state index in [1.807, 2.05) is 0 Å². The molecule has 5 heteroatoms. The Balaban J connectivity index is 2.59. The van der Waals surface area contributed by atoms with Crippen molar-refractivity contribution < 1.29 is 19.1 Å². The molecule has 12 heavy (non-hydrogen) atoms. The van der Waals surface area contributed by atoms with Gasteiger partial charge in [-0.05, 0) is 6.92 Å². The molecule has 1 N–H and O–H groups in total. The van der Waals surface area contributed by atoms with Crippen LogP contribution in [0.4, 0.5) is 4.39 Å². The Kier molecular flexibility index (Phi) is 2.04. The molecule has 1 atom stereocenters. The molecule has 1 heterocycles. The fourth-order valence-electron chi connectivity index (χ4n) is 1.23. The van der Waals surface area contributed by atoms with Crippen molar-refractivity contribution in [2.75, 3.05) is 13.1 Å². The first-order valence-electron chi connectivity index (χ1n) is 3.63. The Hall–Kier alpha value is -1.13. The van der Waals surface area contributed by atoms with Crippen molar-refractivity contribution in [2.45, 2.75) is 19.0 Å². The van der Waals surface area contributed by atoms with Crippen LogP contribution in [0, 0.1) is 0 Å². The van der Waals surface area contributed by atoms with Crippen LogP contribution < -0.4 is 0 Å². The molecular weight excluding hydrogens is 165 g/mol. The predicted octanol–water partition coefficient (Wildman–Crippen LogP) is 0.0315. The Morgan fingerprint density at radius 3 is 2.50 bits per heavy atom. The maximum Gasteiger partial charge on any atom is 0.394 e. The van der Waals surface area contributed by atoms with Crippen LogP contribution in [0.2, 0.25) is 0 Å². The number of rotatable bonds is 0. The third kappa shape index (κ3) is 1.72. The van der Waals surface area contributed by atoms with E-state index in [9.17, 15) is 14.0 Å². The molecule has 0 radical (unpaired) electrons. The van der Waals surface area contributed by atoms with Gasteiger partial charge in [0.1, 0.15) is 5.67 Å². The molecule has 0 aromatic heterocycles. The van der Waals surface area contributed by atoms with Crippen molar-refractivity contribution in [3.63, 3.8) is 0 Å². The fourth-order valence-corrected chi connectivity index (χ4v) is 1.23. The maximum absolute atomic E-state index is 13.1. The first-order chi connectivity index (χ1) is 5.42. The smallest absolute Gasteiger partial charge is 0.394 e. The van der Waals surface area contributed by atoms with Crippen LogP contribution in [0.5, 0.6) is 0 Å². The summed E-state index contributed by atoms with van der Waals surface area (Å²) >= 11 is 0. The average molecular weight is 175 g/mol. The van der Waals surface area contributed by atoms with Crippen LogP contribution in [0.25, 0.3) is 0 Å². The number of hydrogen-bond donors (Lipinski definition) is 1. The van der Waals surface area contributed by atoms with Gasteiger partial charge >= 0.3 is 11.9 Å². The maximum atomic E-state index is 13.1. The lowest BCUT2D eigenvalue weighted by atomic mass is 10.1. The SMILES string of the molecule is CC1(F)CCN(C(=O)C(=O)O)C1. The molecule has 1 aliphatic heterocycles. The molecule has 1 fully saturated rings. The average Bonchev–Trinajstić information content (AvgIpc) is 2.28. The Labute approximate surface area is 69.0 Å². The van der Waals surface area contributed by atoms with Gasteiger partial charge in [-0.1, -0.05) is 0 Å². The molecule has 4 nitrogen and oxygen atoms in total. The second-order valence-electron chi connectivity index (χ2n) is 3.20. The molecule has 0 aromatic carbocycles. The molecule has 0 saturated carbocycles. The van der Waals surface area contributed by atoms with E-state index in [4.69, 9.17) is 5.11 Å². The number of amides is 1. The highest BCUT2D eigenvalue weighted by molar-refractivity contribution is 6.31. The molecule has 1 saturated heterocycles. The van der Waals surface area contributed by atoms with Crippen molar-refractivity contribution in [1.29, 1.82) is 0 Å². The van der Waals surface area contributed by atoms with Crippen molar-refractivity contribution in [3.8, 4) is 0 Å². The summed E-state index contributed by atoms with van der Waals surface area (Å²) in [7, 11) is 0. The summed E-state index contributed by atoms with van der Waals surface area (Å²) < 4.78 is 13.1. The molecule has 1 rings (SSSR count). The molecule has 0 bridgehead atoms. The molecule has 68 valence electrons. The zero-order valence-electron chi connectivity index (χ0n) is 6.71. The van der Waals surface area contributed by atoms with Crippen LogP contribution in [-0.4, -0.2) is 40.6 Å². The Bertz CT molecular complexity index is 227. The number of carboxylic acid groups (broad SMARTS) is 1. The third-order valence-electron chi connectivity index (χ3n) is 1.89. The van der Waals surface area contributed by atoms with Gasteiger partial charge in [-0.25, -0.2) is 9.18 Å². The summed E-state index contributed by atoms with van der Waals surface area (Å²) in [6, 6.07) is 0. The van der Waals surface area contributed by atoms with Gasteiger partial charge in [0.2, 0.25) is 0 Å². The molecular formula is C7H10FNO3. The largest absolute Gasteiger partial charge is 0.474 e. The molecule has 0 aromatic rings. The molecule has 0 aliphatic carbocycles. The summed E-state index contributed by atoms with van der Waals surface area (Å²) in [5, 5.41) is 8.30. The van der Waals surface area contributed by atoms with E-state index < -0.39 is 17.5 Å². The molecule has 0 spiro atoms. The van der Waals surface area contributed by atoms with E-state index in [-0.39, 0.29) is 19.5 Å². The normalized spacial score (nSPS) is 29.0. The zero-order valence-corrected chi connectivity index (χ0v) is 6.71. The summed E-state index contributed by atoms with van der Waals surface area (Å²) in [5.74, 6) is -2.54. The minimum absolute atomic E-state index is 0.113. The quantitative estimate of drug-likeness (QED) is 0.528. The third-order valence-corrected chi connectivity index (χ3v) is 1.89. The highest BCUT2D eigenvalue weighted by Crippen LogP contribution is 2.24. The van der Waals surface area contributed by atoms with Crippen LogP contribution in [0.1, 0.15) is 13.3 Å². The van der Waals surface area contributed by atoms with Crippen molar-refractivity contribution in [3.05, 3.63) is 0 Å². The van der Waals surface area contributed by atoms with Gasteiger partial charge in [-0.3, -0.25) is 4.79 Å². The highest BCUT2D eigenvalue weighted by atomic mass is 19.1. The van der Waals surface area contributed by atoms with Gasteiger partial charge in [-0.2, -0.15) is 0 Å². The number of hydrogen-bond acceptors (Lipinski definition) is 2. The first kappa shape index (κ1) is 8.96. The molecule has 1 aliphatic rings. The van der Waals surface area contributed by atoms with E-state index in [0.29, 0.717) is 0 Å². The van der Waals surface area contributed by atoms with Gasteiger partial charge in [0.25, 0.3) is 0 Å². The topological polar surface area (TPSA) is 57.6 Å². The second kappa shape index (κ2) is 2.73. The lowest BCUT2D eigenvalue weighted by Gasteiger charge is -2.14. The van der Waals surface area contributed by atoms with Gasteiger partial charge in [0, 0.05) is 13.0 Å². The summed E-state index contributed by atoms with van der Waals surface area (Å²) in [4.78, 5) is 22.0. The van der Waals surface area contributed by atoms with Crippen LogP contribution >= 0.6 is 0 Å².